The van der Waals surface area contributed by atoms with Gasteiger partial charge in [0.05, 0.1) is 18.3 Å². The molecule has 0 aliphatic heterocycles. The Balaban J connectivity index is 2.31. The average Bonchev–Trinajstić information content (AvgIpc) is 2.63. The number of alkyl halides is 1. The van der Waals surface area contributed by atoms with Crippen LogP contribution in [0, 0.1) is 0 Å². The zero-order chi connectivity index (χ0) is 16.9. The summed E-state index contributed by atoms with van der Waals surface area (Å²) in [5.74, 6) is 1.34. The van der Waals surface area contributed by atoms with E-state index < -0.39 is 0 Å². The first-order valence-electron chi connectivity index (χ1n) is 8.16. The number of hydrogen-bond donors (Lipinski definition) is 1. The second kappa shape index (κ2) is 7.69. The molecule has 0 aliphatic carbocycles. The molecule has 3 aromatic rings. The fraction of sp³-hybridized carbons (Fsp3) is 0.316. The third kappa shape index (κ3) is 3.12. The molecule has 3 rings (SSSR count). The van der Waals surface area contributed by atoms with Crippen molar-refractivity contribution in [3.8, 4) is 5.75 Å². The second-order valence-electron chi connectivity index (χ2n) is 5.65. The maximum Gasteiger partial charge on any atom is 0.145 e. The van der Waals surface area contributed by atoms with E-state index in [9.17, 15) is 0 Å². The molecule has 0 saturated carbocycles. The van der Waals surface area contributed by atoms with Crippen LogP contribution in [0.15, 0.2) is 42.5 Å². The van der Waals surface area contributed by atoms with Crippen LogP contribution in [-0.4, -0.2) is 37.6 Å². The van der Waals surface area contributed by atoms with Crippen molar-refractivity contribution in [1.82, 2.24) is 4.98 Å². The highest BCUT2D eigenvalue weighted by molar-refractivity contribution is 6.18. The van der Waals surface area contributed by atoms with Gasteiger partial charge in [0.15, 0.2) is 0 Å². The molecule has 2 N–H and O–H groups in total. The SMILES string of the molecule is COc1cccc2c(N(CCCl)CCCN)c3ccccc3nc12. The molecule has 0 fully saturated rings. The molecule has 126 valence electrons. The van der Waals surface area contributed by atoms with E-state index in [0.29, 0.717) is 12.4 Å². The molecule has 24 heavy (non-hydrogen) atoms. The zero-order valence-electron chi connectivity index (χ0n) is 13.8. The molecule has 0 saturated heterocycles. The summed E-state index contributed by atoms with van der Waals surface area (Å²) in [7, 11) is 1.68. The first kappa shape index (κ1) is 16.8. The van der Waals surface area contributed by atoms with E-state index in [-0.39, 0.29) is 0 Å². The van der Waals surface area contributed by atoms with Crippen molar-refractivity contribution < 1.29 is 4.74 Å². The van der Waals surface area contributed by atoms with Crippen molar-refractivity contribution in [3.63, 3.8) is 0 Å². The molecule has 5 heteroatoms. The number of nitrogens with zero attached hydrogens (tertiary/aromatic N) is 2. The number of fused-ring (bicyclic) bond motifs is 2. The lowest BCUT2D eigenvalue weighted by atomic mass is 10.1. The van der Waals surface area contributed by atoms with Crippen molar-refractivity contribution in [1.29, 1.82) is 0 Å². The highest BCUT2D eigenvalue weighted by Crippen LogP contribution is 2.37. The number of pyridine rings is 1. The van der Waals surface area contributed by atoms with Crippen LogP contribution in [-0.2, 0) is 0 Å². The van der Waals surface area contributed by atoms with Gasteiger partial charge in [-0.05, 0) is 25.1 Å². The largest absolute Gasteiger partial charge is 0.494 e. The van der Waals surface area contributed by atoms with Crippen molar-refractivity contribution in [2.75, 3.05) is 37.5 Å². The van der Waals surface area contributed by atoms with Crippen LogP contribution in [0.4, 0.5) is 5.69 Å². The number of para-hydroxylation sites is 2. The Bertz CT molecular complexity index is 837. The summed E-state index contributed by atoms with van der Waals surface area (Å²) in [5, 5.41) is 2.20. The van der Waals surface area contributed by atoms with Gasteiger partial charge in [-0.15, -0.1) is 11.6 Å². The first-order valence-corrected chi connectivity index (χ1v) is 8.70. The van der Waals surface area contributed by atoms with Crippen LogP contribution >= 0.6 is 11.6 Å². The van der Waals surface area contributed by atoms with Gasteiger partial charge in [0.25, 0.3) is 0 Å². The molecule has 2 aromatic carbocycles. The summed E-state index contributed by atoms with van der Waals surface area (Å²) in [5.41, 5.74) is 8.72. The third-order valence-electron chi connectivity index (χ3n) is 4.17. The number of methoxy groups -OCH3 is 1. The lowest BCUT2D eigenvalue weighted by molar-refractivity contribution is 0.419. The van der Waals surface area contributed by atoms with Crippen molar-refractivity contribution in [2.45, 2.75) is 6.42 Å². The van der Waals surface area contributed by atoms with E-state index in [1.165, 1.54) is 0 Å². The van der Waals surface area contributed by atoms with E-state index in [1.54, 1.807) is 7.11 Å². The van der Waals surface area contributed by atoms with Gasteiger partial charge in [-0.1, -0.05) is 30.3 Å². The highest BCUT2D eigenvalue weighted by Gasteiger charge is 2.17. The van der Waals surface area contributed by atoms with E-state index in [1.807, 2.05) is 30.3 Å². The summed E-state index contributed by atoms with van der Waals surface area (Å²) in [6.07, 6.45) is 0.916. The Morgan fingerprint density at radius 2 is 1.88 bits per heavy atom. The number of benzene rings is 2. The number of halogens is 1. The number of hydrogen-bond acceptors (Lipinski definition) is 4. The molecule has 0 radical (unpaired) electrons. The van der Waals surface area contributed by atoms with Gasteiger partial charge in [-0.2, -0.15) is 0 Å². The standard InChI is InChI=1S/C19H22ClN3O/c1-24-17-9-4-7-15-18(17)22-16-8-3-2-6-14(16)19(15)23(13-10-20)12-5-11-21/h2-4,6-9H,5,10-13,21H2,1H3. The van der Waals surface area contributed by atoms with E-state index in [0.717, 1.165) is 52.8 Å². The fourth-order valence-corrected chi connectivity index (χ4v) is 3.29. The second-order valence-corrected chi connectivity index (χ2v) is 6.03. The van der Waals surface area contributed by atoms with Crippen LogP contribution in [0.1, 0.15) is 6.42 Å². The third-order valence-corrected chi connectivity index (χ3v) is 4.34. The number of rotatable bonds is 7. The number of nitrogens with two attached hydrogens (primary N) is 1. The van der Waals surface area contributed by atoms with Crippen molar-refractivity contribution in [2.24, 2.45) is 5.73 Å². The van der Waals surface area contributed by atoms with Crippen molar-refractivity contribution >= 4 is 39.1 Å². The quantitative estimate of drug-likeness (QED) is 0.524. The van der Waals surface area contributed by atoms with Crippen LogP contribution < -0.4 is 15.4 Å². The average molecular weight is 344 g/mol. The first-order chi connectivity index (χ1) is 11.8. The molecule has 0 amide bonds. The Labute approximate surface area is 147 Å². The van der Waals surface area contributed by atoms with E-state index in [2.05, 4.69) is 17.0 Å². The molecular formula is C19H22ClN3O. The number of anilines is 1. The molecule has 0 unspecified atom stereocenters. The summed E-state index contributed by atoms with van der Waals surface area (Å²) in [6, 6.07) is 14.2. The van der Waals surface area contributed by atoms with Gasteiger partial charge in [-0.25, -0.2) is 4.98 Å². The maximum atomic E-state index is 6.07. The van der Waals surface area contributed by atoms with Gasteiger partial charge in [-0.3, -0.25) is 0 Å². The molecule has 1 aromatic heterocycles. The van der Waals surface area contributed by atoms with Crippen LogP contribution in [0.3, 0.4) is 0 Å². The molecule has 4 nitrogen and oxygen atoms in total. The molecule has 0 spiro atoms. The van der Waals surface area contributed by atoms with Gasteiger partial charge in [0.1, 0.15) is 11.3 Å². The smallest absolute Gasteiger partial charge is 0.145 e. The summed E-state index contributed by atoms with van der Waals surface area (Å²) in [4.78, 5) is 7.13. The Morgan fingerprint density at radius 1 is 1.08 bits per heavy atom. The molecule has 1 heterocycles. The van der Waals surface area contributed by atoms with Crippen LogP contribution in [0.25, 0.3) is 21.8 Å². The summed E-state index contributed by atoms with van der Waals surface area (Å²) >= 11 is 6.07. The fourth-order valence-electron chi connectivity index (χ4n) is 3.09. The maximum absolute atomic E-state index is 6.07. The minimum atomic E-state index is 0.562. The minimum absolute atomic E-state index is 0.562. The highest BCUT2D eigenvalue weighted by atomic mass is 35.5. The van der Waals surface area contributed by atoms with Gasteiger partial charge >= 0.3 is 0 Å². The van der Waals surface area contributed by atoms with Gasteiger partial charge in [0.2, 0.25) is 0 Å². The number of ether oxygens (including phenoxy) is 1. The monoisotopic (exact) mass is 343 g/mol. The lowest BCUT2D eigenvalue weighted by Crippen LogP contribution is -2.28. The van der Waals surface area contributed by atoms with Crippen molar-refractivity contribution in [3.05, 3.63) is 42.5 Å². The van der Waals surface area contributed by atoms with Crippen LogP contribution in [0.5, 0.6) is 5.75 Å². The summed E-state index contributed by atoms with van der Waals surface area (Å²) in [6.45, 7) is 2.29. The van der Waals surface area contributed by atoms with Gasteiger partial charge < -0.3 is 15.4 Å². The molecule has 0 atom stereocenters. The number of aromatic nitrogens is 1. The molecule has 0 bridgehead atoms. The Morgan fingerprint density at radius 3 is 2.62 bits per heavy atom. The van der Waals surface area contributed by atoms with Crippen LogP contribution in [0.2, 0.25) is 0 Å². The lowest BCUT2D eigenvalue weighted by Gasteiger charge is -2.27. The van der Waals surface area contributed by atoms with Gasteiger partial charge in [0, 0.05) is 29.7 Å². The Kier molecular flexibility index (Phi) is 5.38. The van der Waals surface area contributed by atoms with E-state index in [4.69, 9.17) is 27.1 Å². The molecular weight excluding hydrogens is 322 g/mol. The molecule has 0 aliphatic rings. The predicted molar refractivity (Wildman–Crippen MR) is 102 cm³/mol. The van der Waals surface area contributed by atoms with E-state index >= 15 is 0 Å². The normalized spacial score (nSPS) is 11.1. The summed E-state index contributed by atoms with van der Waals surface area (Å²) < 4.78 is 5.53. The topological polar surface area (TPSA) is 51.4 Å². The minimum Gasteiger partial charge on any atom is -0.494 e. The Hall–Kier alpha value is -2.04. The predicted octanol–water partition coefficient (Wildman–Crippen LogP) is 3.79. The zero-order valence-corrected chi connectivity index (χ0v) is 14.6.